The van der Waals surface area contributed by atoms with E-state index in [0.717, 1.165) is 0 Å². The molecule has 1 unspecified atom stereocenters. The van der Waals surface area contributed by atoms with Crippen molar-refractivity contribution in [3.05, 3.63) is 16.3 Å². The molecule has 0 saturated carbocycles. The van der Waals surface area contributed by atoms with E-state index in [1.165, 1.54) is 16.2 Å². The Hall–Kier alpha value is -1.76. The molecule has 0 aromatic carbocycles. The second kappa shape index (κ2) is 5.53. The lowest BCUT2D eigenvalue weighted by Crippen LogP contribution is -2.43. The standard InChI is InChI=1S/C10H15N3O3S/c1-6(9(11)12-15)13(2)10(14)8-4-7(16-3)5-17-8/h4-6,15H,1-3H3,(H2,11,12). The van der Waals surface area contributed by atoms with E-state index in [9.17, 15) is 4.79 Å². The van der Waals surface area contributed by atoms with Crippen LogP contribution in [0, 0.1) is 0 Å². The number of nitrogens with two attached hydrogens (primary N) is 1. The molecule has 0 aliphatic rings. The summed E-state index contributed by atoms with van der Waals surface area (Å²) in [7, 11) is 3.14. The maximum Gasteiger partial charge on any atom is 0.264 e. The van der Waals surface area contributed by atoms with Crippen LogP contribution in [0.3, 0.4) is 0 Å². The molecule has 1 rings (SSSR count). The number of amidine groups is 1. The first-order valence-electron chi connectivity index (χ1n) is 4.88. The van der Waals surface area contributed by atoms with Gasteiger partial charge in [0.15, 0.2) is 5.84 Å². The van der Waals surface area contributed by atoms with Gasteiger partial charge in [-0.3, -0.25) is 4.79 Å². The van der Waals surface area contributed by atoms with Crippen LogP contribution in [0.1, 0.15) is 16.6 Å². The Labute approximate surface area is 103 Å². The van der Waals surface area contributed by atoms with Crippen LogP contribution in [-0.4, -0.2) is 42.0 Å². The van der Waals surface area contributed by atoms with Crippen LogP contribution in [0.25, 0.3) is 0 Å². The smallest absolute Gasteiger partial charge is 0.264 e. The fraction of sp³-hybridized carbons (Fsp3) is 0.400. The Balaban J connectivity index is 2.82. The number of hydrogen-bond donors (Lipinski definition) is 2. The van der Waals surface area contributed by atoms with Crippen molar-refractivity contribution in [2.75, 3.05) is 14.2 Å². The number of methoxy groups -OCH3 is 1. The lowest BCUT2D eigenvalue weighted by atomic mass is 10.2. The van der Waals surface area contributed by atoms with Crippen LogP contribution in [0.5, 0.6) is 5.75 Å². The summed E-state index contributed by atoms with van der Waals surface area (Å²) in [4.78, 5) is 14.0. The van der Waals surface area contributed by atoms with Gasteiger partial charge in [0.25, 0.3) is 5.91 Å². The highest BCUT2D eigenvalue weighted by atomic mass is 32.1. The first kappa shape index (κ1) is 13.3. The molecular formula is C10H15N3O3S. The van der Waals surface area contributed by atoms with Crippen molar-refractivity contribution in [2.45, 2.75) is 13.0 Å². The van der Waals surface area contributed by atoms with Gasteiger partial charge in [0.05, 0.1) is 18.0 Å². The molecule has 94 valence electrons. The summed E-state index contributed by atoms with van der Waals surface area (Å²) in [5.41, 5.74) is 5.45. The Bertz CT molecular complexity index is 430. The largest absolute Gasteiger partial charge is 0.496 e. The molecule has 6 nitrogen and oxygen atoms in total. The zero-order valence-electron chi connectivity index (χ0n) is 9.88. The van der Waals surface area contributed by atoms with E-state index in [0.29, 0.717) is 10.6 Å². The van der Waals surface area contributed by atoms with E-state index in [2.05, 4.69) is 5.16 Å². The average molecular weight is 257 g/mol. The molecule has 3 N–H and O–H groups in total. The van der Waals surface area contributed by atoms with Gasteiger partial charge >= 0.3 is 0 Å². The minimum Gasteiger partial charge on any atom is -0.496 e. The highest BCUT2D eigenvalue weighted by molar-refractivity contribution is 7.12. The zero-order valence-corrected chi connectivity index (χ0v) is 10.7. The van der Waals surface area contributed by atoms with Crippen molar-refractivity contribution < 1.29 is 14.7 Å². The molecule has 1 atom stereocenters. The second-order valence-electron chi connectivity index (χ2n) is 3.47. The minimum atomic E-state index is -0.472. The van der Waals surface area contributed by atoms with Crippen molar-refractivity contribution in [1.82, 2.24) is 4.90 Å². The molecule has 7 heteroatoms. The van der Waals surface area contributed by atoms with E-state index in [4.69, 9.17) is 15.7 Å². The molecule has 0 fully saturated rings. The second-order valence-corrected chi connectivity index (χ2v) is 4.38. The van der Waals surface area contributed by atoms with Gasteiger partial charge in [-0.2, -0.15) is 0 Å². The number of thiophene rings is 1. The van der Waals surface area contributed by atoms with Crippen molar-refractivity contribution in [1.29, 1.82) is 0 Å². The van der Waals surface area contributed by atoms with Crippen LogP contribution in [-0.2, 0) is 0 Å². The number of carbonyl (C=O) groups excluding carboxylic acids is 1. The minimum absolute atomic E-state index is 0.00984. The molecule has 0 aliphatic carbocycles. The Morgan fingerprint density at radius 1 is 1.71 bits per heavy atom. The molecule has 1 amide bonds. The van der Waals surface area contributed by atoms with Crippen molar-refractivity contribution >= 4 is 23.1 Å². The van der Waals surface area contributed by atoms with Crippen molar-refractivity contribution in [2.24, 2.45) is 10.9 Å². The highest BCUT2D eigenvalue weighted by Gasteiger charge is 2.22. The first-order chi connectivity index (χ1) is 8.01. The van der Waals surface area contributed by atoms with E-state index in [-0.39, 0.29) is 11.7 Å². The fourth-order valence-corrected chi connectivity index (χ4v) is 2.01. The van der Waals surface area contributed by atoms with Crippen LogP contribution >= 0.6 is 11.3 Å². The third kappa shape index (κ3) is 2.88. The predicted octanol–water partition coefficient (Wildman–Crippen LogP) is 0.964. The van der Waals surface area contributed by atoms with Gasteiger partial charge in [0.2, 0.25) is 0 Å². The van der Waals surface area contributed by atoms with E-state index in [1.807, 2.05) is 0 Å². The Morgan fingerprint density at radius 3 is 2.82 bits per heavy atom. The van der Waals surface area contributed by atoms with Crippen LogP contribution in [0.2, 0.25) is 0 Å². The average Bonchev–Trinajstić information content (AvgIpc) is 2.83. The number of oxime groups is 1. The molecule has 1 heterocycles. The molecule has 1 aromatic rings. The lowest BCUT2D eigenvalue weighted by molar-refractivity contribution is 0.0781. The summed E-state index contributed by atoms with van der Waals surface area (Å²) in [6.07, 6.45) is 0. The molecule has 0 spiro atoms. The molecule has 0 aliphatic heterocycles. The Kier molecular flexibility index (Phi) is 4.33. The van der Waals surface area contributed by atoms with E-state index in [1.54, 1.807) is 32.5 Å². The number of ether oxygens (including phenoxy) is 1. The van der Waals surface area contributed by atoms with Crippen molar-refractivity contribution in [3.63, 3.8) is 0 Å². The zero-order chi connectivity index (χ0) is 13.0. The topological polar surface area (TPSA) is 88.2 Å². The lowest BCUT2D eigenvalue weighted by Gasteiger charge is -2.22. The van der Waals surface area contributed by atoms with Gasteiger partial charge < -0.3 is 20.6 Å². The van der Waals surface area contributed by atoms with Gasteiger partial charge in [-0.05, 0) is 6.92 Å². The quantitative estimate of drug-likeness (QED) is 0.364. The molecule has 17 heavy (non-hydrogen) atoms. The van der Waals surface area contributed by atoms with Gasteiger partial charge in [-0.25, -0.2) is 0 Å². The molecule has 1 aromatic heterocycles. The first-order valence-corrected chi connectivity index (χ1v) is 5.76. The highest BCUT2D eigenvalue weighted by Crippen LogP contribution is 2.22. The van der Waals surface area contributed by atoms with E-state index < -0.39 is 6.04 Å². The number of likely N-dealkylation sites (N-methyl/N-ethyl adjacent to an activating group) is 1. The predicted molar refractivity (Wildman–Crippen MR) is 65.8 cm³/mol. The third-order valence-electron chi connectivity index (χ3n) is 2.47. The summed E-state index contributed by atoms with van der Waals surface area (Å²) in [6, 6.07) is 1.18. The van der Waals surface area contributed by atoms with Crippen LogP contribution < -0.4 is 10.5 Å². The maximum atomic E-state index is 12.0. The number of amides is 1. The fourth-order valence-electron chi connectivity index (χ4n) is 1.17. The van der Waals surface area contributed by atoms with Crippen LogP contribution in [0.15, 0.2) is 16.6 Å². The SMILES string of the molecule is COc1csc(C(=O)N(C)C(C)C(N)=NO)c1. The summed E-state index contributed by atoms with van der Waals surface area (Å²) in [5.74, 6) is 0.435. The number of carbonyl (C=O) groups is 1. The summed E-state index contributed by atoms with van der Waals surface area (Å²) >= 11 is 1.29. The molecule has 0 bridgehead atoms. The molecule has 0 saturated heterocycles. The molecular weight excluding hydrogens is 242 g/mol. The number of rotatable bonds is 4. The molecule has 0 radical (unpaired) electrons. The van der Waals surface area contributed by atoms with E-state index >= 15 is 0 Å². The summed E-state index contributed by atoms with van der Waals surface area (Å²) in [5, 5.41) is 13.2. The van der Waals surface area contributed by atoms with Crippen molar-refractivity contribution in [3.8, 4) is 5.75 Å². The summed E-state index contributed by atoms with van der Waals surface area (Å²) in [6.45, 7) is 1.68. The van der Waals surface area contributed by atoms with Gasteiger partial charge in [0, 0.05) is 18.5 Å². The maximum absolute atomic E-state index is 12.0. The van der Waals surface area contributed by atoms with Gasteiger partial charge in [-0.1, -0.05) is 5.16 Å². The Morgan fingerprint density at radius 2 is 2.35 bits per heavy atom. The summed E-state index contributed by atoms with van der Waals surface area (Å²) < 4.78 is 5.01. The monoisotopic (exact) mass is 257 g/mol. The van der Waals surface area contributed by atoms with Crippen LogP contribution in [0.4, 0.5) is 0 Å². The van der Waals surface area contributed by atoms with Gasteiger partial charge in [0.1, 0.15) is 5.75 Å². The third-order valence-corrected chi connectivity index (χ3v) is 3.36. The number of nitrogens with zero attached hydrogens (tertiary/aromatic N) is 2. The normalized spacial score (nSPS) is 13.2. The van der Waals surface area contributed by atoms with Gasteiger partial charge in [-0.15, -0.1) is 11.3 Å². The number of hydrogen-bond acceptors (Lipinski definition) is 5.